The number of Topliss-reactive ketones (excluding diaryl/α,β-unsaturated/α-hetero) is 4. The number of amides is 7. The second-order valence-corrected chi connectivity index (χ2v) is 13.1. The quantitative estimate of drug-likeness (QED) is 0.0311. The number of hydrogen-bond acceptors (Lipinski definition) is 18. The van der Waals surface area contributed by atoms with Crippen LogP contribution in [-0.2, 0) is 81.3 Å². The molecule has 0 fully saturated rings. The second-order valence-electron chi connectivity index (χ2n) is 13.1. The molecule has 7 amide bonds. The molecule has 0 aliphatic heterocycles. The van der Waals surface area contributed by atoms with Gasteiger partial charge in [0.2, 0.25) is 41.4 Å². The summed E-state index contributed by atoms with van der Waals surface area (Å²) in [6, 6.07) is 0. The number of methoxy groups -OCH3 is 3. The topological polar surface area (TPSA) is 351 Å². The zero-order valence-corrected chi connectivity index (χ0v) is 35.3. The van der Waals surface area contributed by atoms with E-state index >= 15 is 0 Å². The van der Waals surface area contributed by atoms with E-state index in [1.54, 1.807) is 6.92 Å². The van der Waals surface area contributed by atoms with Crippen LogP contribution in [0.5, 0.6) is 0 Å². The van der Waals surface area contributed by atoms with Gasteiger partial charge in [-0.05, 0) is 6.92 Å². The highest BCUT2D eigenvalue weighted by Crippen LogP contribution is 2.04. The molecule has 0 aromatic rings. The predicted molar refractivity (Wildman–Crippen MR) is 210 cm³/mol. The maximum Gasteiger partial charge on any atom is 0.325 e. The van der Waals surface area contributed by atoms with E-state index < -0.39 is 161 Å². The zero-order chi connectivity index (χ0) is 47.2. The number of esters is 3. The van der Waals surface area contributed by atoms with Crippen LogP contribution in [0.25, 0.3) is 0 Å². The number of carbonyl (C=O) groups is 14. The first-order valence-corrected chi connectivity index (χ1v) is 19.2. The minimum absolute atomic E-state index is 0.0826. The lowest BCUT2D eigenvalue weighted by Gasteiger charge is -2.21. The van der Waals surface area contributed by atoms with Gasteiger partial charge in [0.25, 0.3) is 0 Å². The van der Waals surface area contributed by atoms with E-state index in [2.05, 4.69) is 35.5 Å². The molecule has 0 atom stereocenters. The van der Waals surface area contributed by atoms with E-state index in [0.717, 1.165) is 36.0 Å². The number of rotatable bonds is 32. The SMILES string of the molecule is CCNC(=O)CCC(=O)CNC(=O)CN(CC(=O)OC)C(=O)CCC(=O)CNC(=O)CN(CC(=O)OC)C(=O)CCC(=O)CNC(=O)CN(CC(=O)OC)C(=O)CCC(=O)CN. The Kier molecular flexibility index (Phi) is 27.9. The molecule has 25 heteroatoms. The summed E-state index contributed by atoms with van der Waals surface area (Å²) in [7, 11) is 3.13. The van der Waals surface area contributed by atoms with Gasteiger partial charge in [-0.3, -0.25) is 67.1 Å². The fraction of sp³-hybridized carbons (Fsp3) is 0.622. The summed E-state index contributed by atoms with van der Waals surface area (Å²) in [5.41, 5.74) is 5.23. The number of nitrogens with one attached hydrogen (secondary N) is 4. The monoisotopic (exact) mass is 884 g/mol. The smallest absolute Gasteiger partial charge is 0.325 e. The highest BCUT2D eigenvalue weighted by Gasteiger charge is 2.25. The van der Waals surface area contributed by atoms with Crippen molar-refractivity contribution in [3.05, 3.63) is 0 Å². The van der Waals surface area contributed by atoms with Gasteiger partial charge < -0.3 is 55.9 Å². The Bertz CT molecular complexity index is 1670. The number of hydrogen-bond donors (Lipinski definition) is 5. The van der Waals surface area contributed by atoms with Crippen LogP contribution in [-0.4, -0.2) is 190 Å². The number of ether oxygens (including phenoxy) is 3. The van der Waals surface area contributed by atoms with Gasteiger partial charge in [0.1, 0.15) is 45.1 Å². The Morgan fingerprint density at radius 3 is 0.952 bits per heavy atom. The van der Waals surface area contributed by atoms with Crippen molar-refractivity contribution >= 4 is 82.4 Å². The van der Waals surface area contributed by atoms with E-state index in [4.69, 9.17) is 5.73 Å². The van der Waals surface area contributed by atoms with Crippen LogP contribution >= 0.6 is 0 Å². The van der Waals surface area contributed by atoms with Crippen LogP contribution in [0.15, 0.2) is 0 Å². The lowest BCUT2D eigenvalue weighted by Crippen LogP contribution is -2.45. The van der Waals surface area contributed by atoms with Gasteiger partial charge in [-0.25, -0.2) is 0 Å². The van der Waals surface area contributed by atoms with Crippen LogP contribution in [0.2, 0.25) is 0 Å². The average Bonchev–Trinajstić information content (AvgIpc) is 3.24. The molecule has 25 nitrogen and oxygen atoms in total. The van der Waals surface area contributed by atoms with Crippen LogP contribution in [0, 0.1) is 0 Å². The third-order valence-electron chi connectivity index (χ3n) is 8.24. The third kappa shape index (κ3) is 25.7. The molecule has 0 bridgehead atoms. The lowest BCUT2D eigenvalue weighted by molar-refractivity contribution is -0.148. The van der Waals surface area contributed by atoms with Crippen LogP contribution in [0.1, 0.15) is 58.3 Å². The highest BCUT2D eigenvalue weighted by atomic mass is 16.5. The molecule has 0 aliphatic carbocycles. The zero-order valence-electron chi connectivity index (χ0n) is 35.3. The van der Waals surface area contributed by atoms with Crippen LogP contribution in [0.3, 0.4) is 0 Å². The molecule has 0 saturated carbocycles. The normalized spacial score (nSPS) is 10.2. The number of nitrogens with zero attached hydrogens (tertiary/aromatic N) is 3. The highest BCUT2D eigenvalue weighted by molar-refractivity contribution is 5.96. The van der Waals surface area contributed by atoms with E-state index in [0.29, 0.717) is 6.54 Å². The summed E-state index contributed by atoms with van der Waals surface area (Å²) in [6.45, 7) is -3.98. The maximum absolute atomic E-state index is 12.9. The summed E-state index contributed by atoms with van der Waals surface area (Å²) < 4.78 is 13.6. The largest absolute Gasteiger partial charge is 0.468 e. The number of carbonyl (C=O) groups excluding carboxylic acids is 14. The van der Waals surface area contributed by atoms with Crippen molar-refractivity contribution in [3.63, 3.8) is 0 Å². The summed E-state index contributed by atoms with van der Waals surface area (Å²) in [6.07, 6.45) is -2.75. The molecular weight excluding hydrogens is 828 g/mol. The minimum Gasteiger partial charge on any atom is -0.468 e. The molecule has 0 heterocycles. The summed E-state index contributed by atoms with van der Waals surface area (Å²) in [4.78, 5) is 174. The molecule has 0 aromatic carbocycles. The van der Waals surface area contributed by atoms with E-state index in [9.17, 15) is 67.1 Å². The lowest BCUT2D eigenvalue weighted by atomic mass is 10.2. The Morgan fingerprint density at radius 2 is 0.677 bits per heavy atom. The van der Waals surface area contributed by atoms with Gasteiger partial charge in [0.05, 0.1) is 47.5 Å². The van der Waals surface area contributed by atoms with Crippen molar-refractivity contribution in [2.24, 2.45) is 5.73 Å². The molecular formula is C37H56N8O17. The summed E-state index contributed by atoms with van der Waals surface area (Å²) in [5, 5.41) is 9.31. The third-order valence-corrected chi connectivity index (χ3v) is 8.24. The second kappa shape index (κ2) is 31.2. The molecule has 346 valence electrons. The van der Waals surface area contributed by atoms with Gasteiger partial charge in [-0.15, -0.1) is 0 Å². The van der Waals surface area contributed by atoms with Crippen molar-refractivity contribution < 1.29 is 81.3 Å². The van der Waals surface area contributed by atoms with Crippen molar-refractivity contribution in [2.45, 2.75) is 58.3 Å². The van der Waals surface area contributed by atoms with Gasteiger partial charge in [0.15, 0.2) is 17.3 Å². The first kappa shape index (κ1) is 55.3. The summed E-state index contributed by atoms with van der Waals surface area (Å²) >= 11 is 0. The van der Waals surface area contributed by atoms with Gasteiger partial charge >= 0.3 is 17.9 Å². The predicted octanol–water partition coefficient (Wildman–Crippen LogP) is -5.17. The molecule has 0 radical (unpaired) electrons. The standard InChI is InChI=1S/C37H56N8O17/c1-5-39-28(50)10-6-25(47)15-40-29(51)19-44(22-36(58)61-3)33(55)12-8-27(49)17-42-31(53)20-45(23-37(59)62-4)34(56)13-9-26(48)16-41-30(52)18-43(21-35(57)60-2)32(54)11-7-24(46)14-38/h5-23,38H2,1-4H3,(H,39,50)(H,40,51)(H,41,52)(H,42,53). The van der Waals surface area contributed by atoms with E-state index in [1.165, 1.54) is 0 Å². The first-order valence-electron chi connectivity index (χ1n) is 19.2. The fourth-order valence-electron chi connectivity index (χ4n) is 4.76. The molecule has 6 N–H and O–H groups in total. The molecule has 62 heavy (non-hydrogen) atoms. The average molecular weight is 885 g/mol. The van der Waals surface area contributed by atoms with Gasteiger partial charge in [-0.2, -0.15) is 0 Å². The fourth-order valence-corrected chi connectivity index (χ4v) is 4.76. The molecule has 0 saturated heterocycles. The van der Waals surface area contributed by atoms with Crippen molar-refractivity contribution in [1.82, 2.24) is 36.0 Å². The Labute approximate surface area is 356 Å². The van der Waals surface area contributed by atoms with Gasteiger partial charge in [-0.1, -0.05) is 0 Å². The molecule has 0 aromatic heterocycles. The Balaban J connectivity index is 5.14. The number of ketones is 4. The summed E-state index contributed by atoms with van der Waals surface area (Å²) in [5.74, 6) is -10.2. The van der Waals surface area contributed by atoms with Gasteiger partial charge in [0, 0.05) is 57.9 Å². The van der Waals surface area contributed by atoms with Crippen molar-refractivity contribution in [1.29, 1.82) is 0 Å². The van der Waals surface area contributed by atoms with Crippen LogP contribution in [0.4, 0.5) is 0 Å². The van der Waals surface area contributed by atoms with Crippen molar-refractivity contribution in [2.75, 3.05) is 93.3 Å². The van der Waals surface area contributed by atoms with Crippen LogP contribution < -0.4 is 27.0 Å². The maximum atomic E-state index is 12.9. The molecule has 0 aliphatic rings. The minimum atomic E-state index is -0.925. The van der Waals surface area contributed by atoms with E-state index in [-0.39, 0.29) is 38.1 Å². The molecule has 0 rings (SSSR count). The Hall–Kier alpha value is -6.66. The van der Waals surface area contributed by atoms with E-state index in [1.807, 2.05) is 0 Å². The number of nitrogens with two attached hydrogens (primary N) is 1. The molecule has 0 spiro atoms. The first-order chi connectivity index (χ1) is 29.3. The molecule has 0 unspecified atom stereocenters. The Morgan fingerprint density at radius 1 is 0.387 bits per heavy atom. The van der Waals surface area contributed by atoms with Crippen molar-refractivity contribution in [3.8, 4) is 0 Å².